The molecule has 0 aliphatic rings. The molecular weight excluding hydrogens is 386 g/mol. The number of thiophene rings is 1. The molecule has 90 valence electrons. The first kappa shape index (κ1) is 14.0. The van der Waals surface area contributed by atoms with Crippen molar-refractivity contribution in [3.05, 3.63) is 53.6 Å². The number of hydrogen-bond donors (Lipinski definition) is 0. The fourth-order valence-corrected chi connectivity index (χ4v) is 4.27. The highest BCUT2D eigenvalue weighted by atomic mass is 79.9. The SMILES string of the molecule is Clc1cccc(Cl)c1C(Cl)c1cc(Br)c(Cl)s1. The fourth-order valence-electron chi connectivity index (χ4n) is 1.38. The predicted octanol–water partition coefficient (Wildman–Crippen LogP) is 6.80. The smallest absolute Gasteiger partial charge is 0.107 e. The standard InChI is InChI=1S/C11H5BrCl4S/c12-5-4-8(17-11(5)16)10(15)9-6(13)2-1-3-7(9)14/h1-4,10H. The molecule has 0 radical (unpaired) electrons. The highest BCUT2D eigenvalue weighted by Gasteiger charge is 2.20. The maximum atomic E-state index is 6.39. The average molecular weight is 391 g/mol. The van der Waals surface area contributed by atoms with E-state index in [2.05, 4.69) is 15.9 Å². The van der Waals surface area contributed by atoms with E-state index in [1.807, 2.05) is 6.07 Å². The van der Waals surface area contributed by atoms with Crippen molar-refractivity contribution < 1.29 is 0 Å². The largest absolute Gasteiger partial charge is 0.125 e. The normalized spacial score (nSPS) is 12.8. The van der Waals surface area contributed by atoms with E-state index in [-0.39, 0.29) is 0 Å². The second-order valence-electron chi connectivity index (χ2n) is 3.27. The summed E-state index contributed by atoms with van der Waals surface area (Å²) in [6.45, 7) is 0. The van der Waals surface area contributed by atoms with Crippen LogP contribution in [0.3, 0.4) is 0 Å². The van der Waals surface area contributed by atoms with Gasteiger partial charge in [0.05, 0.1) is 5.38 Å². The van der Waals surface area contributed by atoms with Gasteiger partial charge in [0.1, 0.15) is 4.34 Å². The third-order valence-corrected chi connectivity index (χ3v) is 5.95. The van der Waals surface area contributed by atoms with Gasteiger partial charge in [-0.25, -0.2) is 0 Å². The monoisotopic (exact) mass is 388 g/mol. The first-order chi connectivity index (χ1) is 8.00. The summed E-state index contributed by atoms with van der Waals surface area (Å²) in [5.41, 5.74) is 0.711. The molecule has 0 aliphatic carbocycles. The first-order valence-corrected chi connectivity index (χ1v) is 7.71. The Bertz CT molecular complexity index is 513. The second-order valence-corrected chi connectivity index (χ2v) is 7.06. The molecule has 1 atom stereocenters. The number of rotatable bonds is 2. The van der Waals surface area contributed by atoms with Crippen molar-refractivity contribution in [1.82, 2.24) is 0 Å². The van der Waals surface area contributed by atoms with E-state index in [1.165, 1.54) is 11.3 Å². The summed E-state index contributed by atoms with van der Waals surface area (Å²) in [5, 5.41) is 0.710. The van der Waals surface area contributed by atoms with Crippen molar-refractivity contribution in [1.29, 1.82) is 0 Å². The Labute approximate surface area is 132 Å². The van der Waals surface area contributed by atoms with Crippen LogP contribution in [-0.4, -0.2) is 0 Å². The lowest BCUT2D eigenvalue weighted by Gasteiger charge is -2.11. The number of hydrogen-bond acceptors (Lipinski definition) is 1. The maximum Gasteiger partial charge on any atom is 0.107 e. The van der Waals surface area contributed by atoms with Crippen LogP contribution in [0.15, 0.2) is 28.7 Å². The molecule has 0 bridgehead atoms. The molecule has 1 heterocycles. The Hall–Kier alpha value is 0.560. The highest BCUT2D eigenvalue weighted by molar-refractivity contribution is 9.10. The van der Waals surface area contributed by atoms with Crippen LogP contribution >= 0.6 is 73.7 Å². The van der Waals surface area contributed by atoms with Crippen LogP contribution in [-0.2, 0) is 0 Å². The molecule has 2 rings (SSSR count). The van der Waals surface area contributed by atoms with E-state index in [1.54, 1.807) is 18.2 Å². The lowest BCUT2D eigenvalue weighted by Crippen LogP contribution is -1.92. The topological polar surface area (TPSA) is 0 Å². The minimum Gasteiger partial charge on any atom is -0.125 e. The van der Waals surface area contributed by atoms with E-state index in [0.29, 0.717) is 19.9 Å². The van der Waals surface area contributed by atoms with Crippen LogP contribution in [0.4, 0.5) is 0 Å². The summed E-state index contributed by atoms with van der Waals surface area (Å²) in [6, 6.07) is 7.20. The van der Waals surface area contributed by atoms with Gasteiger partial charge in [-0.15, -0.1) is 22.9 Å². The van der Waals surface area contributed by atoms with Gasteiger partial charge >= 0.3 is 0 Å². The van der Waals surface area contributed by atoms with Crippen LogP contribution in [0.25, 0.3) is 0 Å². The van der Waals surface area contributed by atoms with Crippen LogP contribution in [0.5, 0.6) is 0 Å². The number of halogens is 5. The molecule has 1 unspecified atom stereocenters. The van der Waals surface area contributed by atoms with E-state index in [0.717, 1.165) is 9.35 Å². The molecule has 0 saturated heterocycles. The van der Waals surface area contributed by atoms with Crippen molar-refractivity contribution in [2.75, 3.05) is 0 Å². The van der Waals surface area contributed by atoms with Gasteiger partial charge < -0.3 is 0 Å². The zero-order chi connectivity index (χ0) is 12.6. The van der Waals surface area contributed by atoms with E-state index < -0.39 is 5.38 Å². The Kier molecular flexibility index (Phi) is 4.67. The molecule has 1 aromatic heterocycles. The summed E-state index contributed by atoms with van der Waals surface area (Å²) in [5.74, 6) is 0. The van der Waals surface area contributed by atoms with Gasteiger partial charge in [0.2, 0.25) is 0 Å². The van der Waals surface area contributed by atoms with Crippen molar-refractivity contribution in [2.24, 2.45) is 0 Å². The number of benzene rings is 1. The van der Waals surface area contributed by atoms with Gasteiger partial charge in [-0.05, 0) is 34.1 Å². The second kappa shape index (κ2) is 5.68. The average Bonchev–Trinajstić information content (AvgIpc) is 2.59. The van der Waals surface area contributed by atoms with Gasteiger partial charge in [0.25, 0.3) is 0 Å². The van der Waals surface area contributed by atoms with Crippen LogP contribution in [0, 0.1) is 0 Å². The Morgan fingerprint density at radius 1 is 1.12 bits per heavy atom. The van der Waals surface area contributed by atoms with E-state index in [9.17, 15) is 0 Å². The third kappa shape index (κ3) is 2.94. The molecule has 0 fully saturated rings. The van der Waals surface area contributed by atoms with Crippen LogP contribution in [0.1, 0.15) is 15.8 Å². The molecule has 0 saturated carbocycles. The fraction of sp³-hybridized carbons (Fsp3) is 0.0909. The summed E-state index contributed by atoms with van der Waals surface area (Å²) >= 11 is 29.4. The maximum absolute atomic E-state index is 6.39. The van der Waals surface area contributed by atoms with Gasteiger partial charge in [-0.2, -0.15) is 0 Å². The Morgan fingerprint density at radius 3 is 2.18 bits per heavy atom. The van der Waals surface area contributed by atoms with Crippen molar-refractivity contribution in [3.63, 3.8) is 0 Å². The summed E-state index contributed by atoms with van der Waals surface area (Å²) in [6.07, 6.45) is 0. The summed E-state index contributed by atoms with van der Waals surface area (Å²) < 4.78 is 1.49. The van der Waals surface area contributed by atoms with Crippen molar-refractivity contribution in [3.8, 4) is 0 Å². The molecule has 0 spiro atoms. The Morgan fingerprint density at radius 2 is 1.71 bits per heavy atom. The molecule has 6 heteroatoms. The lowest BCUT2D eigenvalue weighted by atomic mass is 10.1. The van der Waals surface area contributed by atoms with Crippen LogP contribution < -0.4 is 0 Å². The van der Waals surface area contributed by atoms with Gasteiger partial charge in [0, 0.05) is 25.0 Å². The minimum atomic E-state index is -0.398. The van der Waals surface area contributed by atoms with E-state index in [4.69, 9.17) is 46.4 Å². The van der Waals surface area contributed by atoms with Crippen LogP contribution in [0.2, 0.25) is 14.4 Å². The predicted molar refractivity (Wildman–Crippen MR) is 81.2 cm³/mol. The quantitative estimate of drug-likeness (QED) is 0.494. The minimum absolute atomic E-state index is 0.398. The zero-order valence-electron chi connectivity index (χ0n) is 8.18. The lowest BCUT2D eigenvalue weighted by molar-refractivity contribution is 1.18. The summed E-state index contributed by atoms with van der Waals surface area (Å²) in [4.78, 5) is 0.901. The first-order valence-electron chi connectivity index (χ1n) is 4.53. The summed E-state index contributed by atoms with van der Waals surface area (Å²) in [7, 11) is 0. The molecule has 0 N–H and O–H groups in total. The number of alkyl halides is 1. The van der Waals surface area contributed by atoms with Gasteiger partial charge in [-0.3, -0.25) is 0 Å². The highest BCUT2D eigenvalue weighted by Crippen LogP contribution is 2.44. The zero-order valence-corrected chi connectivity index (χ0v) is 13.6. The molecular formula is C11H5BrCl4S. The molecule has 2 aromatic rings. The van der Waals surface area contributed by atoms with Gasteiger partial charge in [0.15, 0.2) is 0 Å². The van der Waals surface area contributed by atoms with Crippen molar-refractivity contribution in [2.45, 2.75) is 5.38 Å². The molecule has 1 aromatic carbocycles. The Balaban J connectivity index is 2.47. The van der Waals surface area contributed by atoms with Crippen molar-refractivity contribution >= 4 is 73.7 Å². The van der Waals surface area contributed by atoms with E-state index >= 15 is 0 Å². The van der Waals surface area contributed by atoms with Gasteiger partial charge in [-0.1, -0.05) is 40.9 Å². The molecule has 17 heavy (non-hydrogen) atoms. The third-order valence-electron chi connectivity index (χ3n) is 2.17. The molecule has 0 nitrogen and oxygen atoms in total. The molecule has 0 aliphatic heterocycles. The molecule has 0 amide bonds.